The number of ether oxygens (including phenoxy) is 2. The van der Waals surface area contributed by atoms with Crippen molar-refractivity contribution in [3.63, 3.8) is 0 Å². The van der Waals surface area contributed by atoms with Crippen LogP contribution in [0.1, 0.15) is 5.56 Å². The van der Waals surface area contributed by atoms with Crippen LogP contribution >= 0.6 is 0 Å². The standard InChI is InChI=1S/C20H21F3N2O4S/c21-20(22,23)15-4-3-5-17(12-15)30(26,27)25-10-8-24(9-11-25)13-16-14-28-18-6-1-2-7-19(18)29-16/h1-7,12,16H,8-11,13-14H2/t16-/m0/s1. The summed E-state index contributed by atoms with van der Waals surface area (Å²) in [5.41, 5.74) is -0.975. The second-order valence-electron chi connectivity index (χ2n) is 7.23. The molecule has 1 atom stereocenters. The first kappa shape index (κ1) is 21.0. The van der Waals surface area contributed by atoms with Crippen LogP contribution in [0.25, 0.3) is 0 Å². The van der Waals surface area contributed by atoms with Gasteiger partial charge in [0.1, 0.15) is 12.7 Å². The van der Waals surface area contributed by atoms with Gasteiger partial charge in [-0.1, -0.05) is 18.2 Å². The van der Waals surface area contributed by atoms with Crippen LogP contribution in [0.2, 0.25) is 0 Å². The van der Waals surface area contributed by atoms with E-state index < -0.39 is 21.8 Å². The van der Waals surface area contributed by atoms with Gasteiger partial charge in [0.25, 0.3) is 0 Å². The smallest absolute Gasteiger partial charge is 0.416 e. The molecule has 2 aliphatic heterocycles. The third-order valence-corrected chi connectivity index (χ3v) is 7.05. The van der Waals surface area contributed by atoms with E-state index in [1.165, 1.54) is 10.4 Å². The lowest BCUT2D eigenvalue weighted by Gasteiger charge is -2.36. The first-order valence-corrected chi connectivity index (χ1v) is 11.0. The van der Waals surface area contributed by atoms with Gasteiger partial charge >= 0.3 is 6.18 Å². The van der Waals surface area contributed by atoms with Crippen molar-refractivity contribution in [2.24, 2.45) is 0 Å². The van der Waals surface area contributed by atoms with Crippen LogP contribution in [0.4, 0.5) is 13.2 Å². The van der Waals surface area contributed by atoms with Crippen molar-refractivity contribution in [2.45, 2.75) is 17.2 Å². The maximum Gasteiger partial charge on any atom is 0.416 e. The number of benzene rings is 2. The Balaban J connectivity index is 1.36. The van der Waals surface area contributed by atoms with Crippen LogP contribution in [0, 0.1) is 0 Å². The van der Waals surface area contributed by atoms with E-state index in [1.54, 1.807) is 0 Å². The van der Waals surface area contributed by atoms with Crippen molar-refractivity contribution in [3.8, 4) is 11.5 Å². The lowest BCUT2D eigenvalue weighted by atomic mass is 10.2. The van der Waals surface area contributed by atoms with Crippen LogP contribution in [-0.4, -0.2) is 63.1 Å². The van der Waals surface area contributed by atoms with E-state index in [4.69, 9.17) is 9.47 Å². The van der Waals surface area contributed by atoms with Gasteiger partial charge in [-0.05, 0) is 30.3 Å². The van der Waals surface area contributed by atoms with Crippen molar-refractivity contribution in [2.75, 3.05) is 39.3 Å². The number of piperazine rings is 1. The molecule has 162 valence electrons. The first-order chi connectivity index (χ1) is 14.2. The molecule has 0 aromatic heterocycles. The molecule has 0 radical (unpaired) electrons. The highest BCUT2D eigenvalue weighted by Gasteiger charge is 2.34. The number of nitrogens with zero attached hydrogens (tertiary/aromatic N) is 2. The monoisotopic (exact) mass is 442 g/mol. The molecule has 1 saturated heterocycles. The molecule has 2 aromatic rings. The second-order valence-corrected chi connectivity index (χ2v) is 9.17. The molecule has 4 rings (SSSR count). The number of para-hydroxylation sites is 2. The maximum atomic E-state index is 12.9. The minimum absolute atomic E-state index is 0.175. The Bertz CT molecular complexity index is 1010. The highest BCUT2D eigenvalue weighted by atomic mass is 32.2. The molecular formula is C20H21F3N2O4S. The van der Waals surface area contributed by atoms with E-state index in [0.29, 0.717) is 43.8 Å². The molecular weight excluding hydrogens is 421 g/mol. The summed E-state index contributed by atoms with van der Waals surface area (Å²) in [5, 5.41) is 0. The number of alkyl halides is 3. The molecule has 6 nitrogen and oxygen atoms in total. The van der Waals surface area contributed by atoms with Crippen LogP contribution in [0.5, 0.6) is 11.5 Å². The molecule has 0 N–H and O–H groups in total. The highest BCUT2D eigenvalue weighted by Crippen LogP contribution is 2.32. The van der Waals surface area contributed by atoms with Gasteiger partial charge in [-0.3, -0.25) is 4.90 Å². The molecule has 10 heteroatoms. The van der Waals surface area contributed by atoms with E-state index in [-0.39, 0.29) is 24.1 Å². The van der Waals surface area contributed by atoms with Gasteiger partial charge in [0.2, 0.25) is 10.0 Å². The number of rotatable bonds is 4. The van der Waals surface area contributed by atoms with E-state index >= 15 is 0 Å². The van der Waals surface area contributed by atoms with Crippen LogP contribution in [0.15, 0.2) is 53.4 Å². The molecule has 2 aromatic carbocycles. The Morgan fingerprint density at radius 1 is 0.967 bits per heavy atom. The number of fused-ring (bicyclic) bond motifs is 1. The van der Waals surface area contributed by atoms with Crippen molar-refractivity contribution < 1.29 is 31.1 Å². The predicted molar refractivity (Wildman–Crippen MR) is 103 cm³/mol. The summed E-state index contributed by atoms with van der Waals surface area (Å²) in [5.74, 6) is 1.38. The summed E-state index contributed by atoms with van der Waals surface area (Å²) in [6.07, 6.45) is -4.77. The SMILES string of the molecule is O=S(=O)(c1cccc(C(F)(F)F)c1)N1CCN(C[C@H]2COc3ccccc3O2)CC1. The number of hydrogen-bond acceptors (Lipinski definition) is 5. The van der Waals surface area contributed by atoms with Gasteiger partial charge in [-0.2, -0.15) is 17.5 Å². The summed E-state index contributed by atoms with van der Waals surface area (Å²) in [7, 11) is -3.99. The lowest BCUT2D eigenvalue weighted by Crippen LogP contribution is -2.52. The molecule has 0 aliphatic carbocycles. The molecule has 0 bridgehead atoms. The molecule has 2 heterocycles. The van der Waals surface area contributed by atoms with Crippen molar-refractivity contribution in [3.05, 3.63) is 54.1 Å². The Kier molecular flexibility index (Phi) is 5.65. The maximum absolute atomic E-state index is 12.9. The minimum Gasteiger partial charge on any atom is -0.486 e. The van der Waals surface area contributed by atoms with E-state index in [2.05, 4.69) is 4.90 Å². The van der Waals surface area contributed by atoms with Gasteiger partial charge in [-0.15, -0.1) is 0 Å². The Morgan fingerprint density at radius 2 is 1.67 bits per heavy atom. The fraction of sp³-hybridized carbons (Fsp3) is 0.400. The third-order valence-electron chi connectivity index (χ3n) is 5.16. The fourth-order valence-corrected chi connectivity index (χ4v) is 5.04. The predicted octanol–water partition coefficient (Wildman–Crippen LogP) is 2.85. The Morgan fingerprint density at radius 3 is 2.37 bits per heavy atom. The molecule has 0 amide bonds. The zero-order chi connectivity index (χ0) is 21.4. The summed E-state index contributed by atoms with van der Waals surface area (Å²) >= 11 is 0. The summed E-state index contributed by atoms with van der Waals surface area (Å²) in [6.45, 7) is 2.29. The van der Waals surface area contributed by atoms with Gasteiger partial charge in [0.05, 0.1) is 10.5 Å². The van der Waals surface area contributed by atoms with Crippen molar-refractivity contribution >= 4 is 10.0 Å². The molecule has 1 fully saturated rings. The molecule has 30 heavy (non-hydrogen) atoms. The first-order valence-electron chi connectivity index (χ1n) is 9.52. The lowest BCUT2D eigenvalue weighted by molar-refractivity contribution is -0.137. The topological polar surface area (TPSA) is 59.1 Å². The van der Waals surface area contributed by atoms with Gasteiger partial charge < -0.3 is 9.47 Å². The molecule has 2 aliphatic rings. The van der Waals surface area contributed by atoms with Crippen LogP contribution < -0.4 is 9.47 Å². The molecule has 0 saturated carbocycles. The minimum atomic E-state index is -4.59. The summed E-state index contributed by atoms with van der Waals surface area (Å²) in [4.78, 5) is 1.73. The Hall–Kier alpha value is -2.30. The normalized spacial score (nSPS) is 20.8. The average molecular weight is 442 g/mol. The van der Waals surface area contributed by atoms with Crippen molar-refractivity contribution in [1.29, 1.82) is 0 Å². The molecule has 0 unspecified atom stereocenters. The largest absolute Gasteiger partial charge is 0.486 e. The number of halogens is 3. The van der Waals surface area contributed by atoms with Gasteiger partial charge in [-0.25, -0.2) is 8.42 Å². The zero-order valence-corrected chi connectivity index (χ0v) is 16.8. The van der Waals surface area contributed by atoms with Crippen molar-refractivity contribution in [1.82, 2.24) is 9.21 Å². The average Bonchev–Trinajstić information content (AvgIpc) is 2.73. The fourth-order valence-electron chi connectivity index (χ4n) is 3.58. The number of hydrogen-bond donors (Lipinski definition) is 0. The quantitative estimate of drug-likeness (QED) is 0.729. The number of sulfonamides is 1. The second kappa shape index (κ2) is 8.09. The third kappa shape index (κ3) is 4.40. The Labute approximate surface area is 172 Å². The molecule has 0 spiro atoms. The summed E-state index contributed by atoms with van der Waals surface area (Å²) in [6, 6.07) is 11.3. The van der Waals surface area contributed by atoms with Gasteiger partial charge in [0.15, 0.2) is 11.5 Å². The van der Waals surface area contributed by atoms with E-state index in [1.807, 2.05) is 24.3 Å². The van der Waals surface area contributed by atoms with E-state index in [9.17, 15) is 21.6 Å². The van der Waals surface area contributed by atoms with Gasteiger partial charge in [0, 0.05) is 32.7 Å². The highest BCUT2D eigenvalue weighted by molar-refractivity contribution is 7.89. The zero-order valence-electron chi connectivity index (χ0n) is 16.0. The van der Waals surface area contributed by atoms with Crippen LogP contribution in [-0.2, 0) is 16.2 Å². The van der Waals surface area contributed by atoms with E-state index in [0.717, 1.165) is 12.1 Å². The summed E-state index contributed by atoms with van der Waals surface area (Å²) < 4.78 is 77.2. The van der Waals surface area contributed by atoms with Crippen LogP contribution in [0.3, 0.4) is 0 Å².